The Morgan fingerprint density at radius 1 is 1.20 bits per heavy atom. The van der Waals surface area contributed by atoms with E-state index < -0.39 is 10.0 Å². The molecule has 0 aliphatic carbocycles. The monoisotopic (exact) mass is 434 g/mol. The van der Waals surface area contributed by atoms with Crippen molar-refractivity contribution < 1.29 is 22.4 Å². The van der Waals surface area contributed by atoms with E-state index >= 15 is 0 Å². The molecule has 2 atom stereocenters. The number of nitrogens with zero attached hydrogens (tertiary/aromatic N) is 2. The van der Waals surface area contributed by atoms with Crippen LogP contribution in [0.3, 0.4) is 0 Å². The number of benzene rings is 1. The first-order chi connectivity index (χ1) is 14.4. The van der Waals surface area contributed by atoms with Crippen molar-refractivity contribution in [3.05, 3.63) is 54.5 Å². The number of hydrogen-bond donors (Lipinski definition) is 0. The largest absolute Gasteiger partial charge is 0.467 e. The number of hydrogen-bond acceptors (Lipinski definition) is 5. The Labute approximate surface area is 178 Å². The summed E-state index contributed by atoms with van der Waals surface area (Å²) >= 11 is 0. The van der Waals surface area contributed by atoms with E-state index in [1.165, 1.54) is 4.31 Å². The van der Waals surface area contributed by atoms with E-state index in [2.05, 4.69) is 0 Å². The normalized spacial score (nSPS) is 17.9. The molecule has 7 nitrogen and oxygen atoms in total. The van der Waals surface area contributed by atoms with Crippen LogP contribution in [0.25, 0.3) is 0 Å². The second kappa shape index (κ2) is 10.2. The zero-order valence-corrected chi connectivity index (χ0v) is 18.4. The lowest BCUT2D eigenvalue weighted by molar-refractivity contribution is -0.134. The maximum atomic E-state index is 13.3. The Bertz CT molecular complexity index is 893. The molecule has 1 aliphatic heterocycles. The Hall–Kier alpha value is -2.16. The first-order valence-electron chi connectivity index (χ1n) is 10.4. The summed E-state index contributed by atoms with van der Waals surface area (Å²) in [5.74, 6) is 0.393. The predicted octanol–water partition coefficient (Wildman–Crippen LogP) is 3.28. The van der Waals surface area contributed by atoms with E-state index in [0.29, 0.717) is 25.3 Å². The highest BCUT2D eigenvalue weighted by atomic mass is 32.2. The summed E-state index contributed by atoms with van der Waals surface area (Å²) < 4.78 is 39.0. The smallest absolute Gasteiger partial charge is 0.243 e. The number of amides is 1. The number of furan rings is 1. The summed E-state index contributed by atoms with van der Waals surface area (Å²) in [6, 6.07) is 11.5. The van der Waals surface area contributed by atoms with Crippen LogP contribution in [0, 0.1) is 0 Å². The van der Waals surface area contributed by atoms with E-state index in [1.54, 1.807) is 47.6 Å². The van der Waals surface area contributed by atoms with Crippen LogP contribution in [-0.2, 0) is 26.1 Å². The van der Waals surface area contributed by atoms with Gasteiger partial charge in [0.15, 0.2) is 0 Å². The molecule has 1 fully saturated rings. The number of sulfonamides is 1. The highest BCUT2D eigenvalue weighted by molar-refractivity contribution is 7.89. The van der Waals surface area contributed by atoms with Crippen molar-refractivity contribution in [2.24, 2.45) is 0 Å². The van der Waals surface area contributed by atoms with Crippen molar-refractivity contribution in [2.45, 2.75) is 56.7 Å². The van der Waals surface area contributed by atoms with Crippen LogP contribution in [0.5, 0.6) is 0 Å². The minimum Gasteiger partial charge on any atom is -0.467 e. The molecule has 164 valence electrons. The molecule has 3 rings (SSSR count). The third-order valence-electron chi connectivity index (χ3n) is 5.45. The standard InChI is InChI=1S/C22H30N2O5S/c1-3-18(2)24(30(26,27)21-11-5-4-6-12-21)17-22(25)23(15-19-9-7-13-28-19)16-20-10-8-14-29-20/h4-7,9,11-13,18,20H,3,8,10,14-17H2,1-2H3/t18-,20-/m1/s1. The van der Waals surface area contributed by atoms with E-state index in [1.807, 2.05) is 19.9 Å². The Kier molecular flexibility index (Phi) is 7.69. The van der Waals surface area contributed by atoms with Gasteiger partial charge in [-0.1, -0.05) is 25.1 Å². The number of carbonyl (C=O) groups is 1. The molecule has 1 aliphatic rings. The van der Waals surface area contributed by atoms with E-state index in [-0.39, 0.29) is 36.0 Å². The van der Waals surface area contributed by atoms with Crippen molar-refractivity contribution in [1.29, 1.82) is 0 Å². The van der Waals surface area contributed by atoms with Gasteiger partial charge in [-0.15, -0.1) is 0 Å². The van der Waals surface area contributed by atoms with Gasteiger partial charge in [0.05, 0.1) is 30.4 Å². The highest BCUT2D eigenvalue weighted by Gasteiger charge is 2.32. The van der Waals surface area contributed by atoms with E-state index in [0.717, 1.165) is 12.8 Å². The van der Waals surface area contributed by atoms with Crippen LogP contribution in [-0.4, -0.2) is 55.4 Å². The number of rotatable bonds is 10. The quantitative estimate of drug-likeness (QED) is 0.573. The fourth-order valence-electron chi connectivity index (χ4n) is 3.52. The van der Waals surface area contributed by atoms with Crippen LogP contribution >= 0.6 is 0 Å². The molecule has 2 aromatic rings. The summed E-state index contributed by atoms with van der Waals surface area (Å²) in [4.78, 5) is 15.1. The zero-order chi connectivity index (χ0) is 21.6. The summed E-state index contributed by atoms with van der Waals surface area (Å²) in [6.07, 6.45) is 3.99. The van der Waals surface area contributed by atoms with Crippen LogP contribution < -0.4 is 0 Å². The lowest BCUT2D eigenvalue weighted by Gasteiger charge is -2.31. The summed E-state index contributed by atoms with van der Waals surface area (Å²) in [7, 11) is -3.80. The second-order valence-electron chi connectivity index (χ2n) is 7.61. The average molecular weight is 435 g/mol. The van der Waals surface area contributed by atoms with Crippen LogP contribution in [0.4, 0.5) is 0 Å². The molecule has 0 bridgehead atoms. The van der Waals surface area contributed by atoms with Crippen LogP contribution in [0.15, 0.2) is 58.0 Å². The molecule has 1 aromatic heterocycles. The molecule has 0 spiro atoms. The first kappa shape index (κ1) is 22.5. The lowest BCUT2D eigenvalue weighted by atomic mass is 10.2. The fraction of sp³-hybridized carbons (Fsp3) is 0.500. The van der Waals surface area contributed by atoms with Crippen molar-refractivity contribution in [3.63, 3.8) is 0 Å². The second-order valence-corrected chi connectivity index (χ2v) is 9.50. The SMILES string of the molecule is CC[C@@H](C)N(CC(=O)N(Cc1ccco1)C[C@H]1CCCO1)S(=O)(=O)c1ccccc1. The highest BCUT2D eigenvalue weighted by Crippen LogP contribution is 2.21. The lowest BCUT2D eigenvalue weighted by Crippen LogP contribution is -2.47. The first-order valence-corrected chi connectivity index (χ1v) is 11.8. The Morgan fingerprint density at radius 2 is 1.97 bits per heavy atom. The van der Waals surface area contributed by atoms with E-state index in [4.69, 9.17) is 9.15 Å². The molecule has 8 heteroatoms. The minimum absolute atomic E-state index is 0.0355. The van der Waals surface area contributed by atoms with Gasteiger partial charge in [-0.25, -0.2) is 8.42 Å². The molecule has 0 saturated carbocycles. The number of carbonyl (C=O) groups excluding carboxylic acids is 1. The molecular weight excluding hydrogens is 404 g/mol. The van der Waals surface area contributed by atoms with Gasteiger partial charge in [0.25, 0.3) is 0 Å². The molecule has 30 heavy (non-hydrogen) atoms. The third-order valence-corrected chi connectivity index (χ3v) is 7.43. The van der Waals surface area contributed by atoms with Gasteiger partial charge in [0.2, 0.25) is 15.9 Å². The van der Waals surface area contributed by atoms with E-state index in [9.17, 15) is 13.2 Å². The Balaban J connectivity index is 1.82. The summed E-state index contributed by atoms with van der Waals surface area (Å²) in [5.41, 5.74) is 0. The molecule has 2 heterocycles. The van der Waals surface area contributed by atoms with Gasteiger partial charge in [-0.05, 0) is 50.5 Å². The molecule has 0 N–H and O–H groups in total. The predicted molar refractivity (Wildman–Crippen MR) is 113 cm³/mol. The van der Waals surface area contributed by atoms with Gasteiger partial charge >= 0.3 is 0 Å². The molecule has 1 amide bonds. The Morgan fingerprint density at radius 3 is 2.57 bits per heavy atom. The third kappa shape index (κ3) is 5.50. The van der Waals surface area contributed by atoms with Crippen molar-refractivity contribution in [3.8, 4) is 0 Å². The van der Waals surface area contributed by atoms with Crippen LogP contribution in [0.1, 0.15) is 38.9 Å². The molecule has 1 aromatic carbocycles. The van der Waals surface area contributed by atoms with Gasteiger partial charge in [-0.2, -0.15) is 4.31 Å². The minimum atomic E-state index is -3.80. The van der Waals surface area contributed by atoms with Crippen molar-refractivity contribution in [2.75, 3.05) is 19.7 Å². The maximum Gasteiger partial charge on any atom is 0.243 e. The summed E-state index contributed by atoms with van der Waals surface area (Å²) in [5, 5.41) is 0. The van der Waals surface area contributed by atoms with Gasteiger partial charge in [0, 0.05) is 19.2 Å². The van der Waals surface area contributed by atoms with Gasteiger partial charge in [-0.3, -0.25) is 4.79 Å². The molecular formula is C22H30N2O5S. The zero-order valence-electron chi connectivity index (χ0n) is 17.6. The fourth-order valence-corrected chi connectivity index (χ4v) is 5.20. The van der Waals surface area contributed by atoms with Gasteiger partial charge in [0.1, 0.15) is 5.76 Å². The molecule has 1 saturated heterocycles. The maximum absolute atomic E-state index is 13.3. The summed E-state index contributed by atoms with van der Waals surface area (Å²) in [6.45, 7) is 4.90. The molecule has 0 radical (unpaired) electrons. The van der Waals surface area contributed by atoms with Crippen LogP contribution in [0.2, 0.25) is 0 Å². The van der Waals surface area contributed by atoms with Gasteiger partial charge < -0.3 is 14.1 Å². The average Bonchev–Trinajstić information content (AvgIpc) is 3.45. The molecule has 0 unspecified atom stereocenters. The van der Waals surface area contributed by atoms with Crippen molar-refractivity contribution >= 4 is 15.9 Å². The topological polar surface area (TPSA) is 80.1 Å². The van der Waals surface area contributed by atoms with Crippen molar-refractivity contribution in [1.82, 2.24) is 9.21 Å². The number of ether oxygens (including phenoxy) is 1.